The summed E-state index contributed by atoms with van der Waals surface area (Å²) >= 11 is 0. The SMILES string of the molecule is Cc1ccc2cc3c4c([n+](C)ccc4c2c1)-c1c(c(CC(C)(C)C)c2ccccc2c1C)O3. The molecule has 1 aliphatic heterocycles. The van der Waals surface area contributed by atoms with Crippen molar-refractivity contribution in [1.82, 2.24) is 0 Å². The molecule has 0 aliphatic carbocycles. The second-order valence-corrected chi connectivity index (χ2v) is 10.9. The number of ether oxygens (including phenoxy) is 1. The minimum atomic E-state index is 0.143. The first kappa shape index (κ1) is 20.2. The second-order valence-electron chi connectivity index (χ2n) is 10.9. The molecule has 0 N–H and O–H groups in total. The molecule has 0 atom stereocenters. The maximum atomic E-state index is 6.90. The summed E-state index contributed by atoms with van der Waals surface area (Å²) in [5.74, 6) is 1.99. The van der Waals surface area contributed by atoms with E-state index in [-0.39, 0.29) is 5.41 Å². The fraction of sp³-hybridized carbons (Fsp3) is 0.258. The first-order valence-corrected chi connectivity index (χ1v) is 11.8. The molecule has 6 rings (SSSR count). The van der Waals surface area contributed by atoms with Crippen LogP contribution in [-0.4, -0.2) is 0 Å². The van der Waals surface area contributed by atoms with Crippen LogP contribution in [0.2, 0.25) is 0 Å². The van der Waals surface area contributed by atoms with Crippen molar-refractivity contribution in [1.29, 1.82) is 0 Å². The van der Waals surface area contributed by atoms with E-state index in [4.69, 9.17) is 4.74 Å². The smallest absolute Gasteiger partial charge is 0.228 e. The van der Waals surface area contributed by atoms with Crippen LogP contribution in [0.15, 0.2) is 60.8 Å². The van der Waals surface area contributed by atoms with E-state index in [1.165, 1.54) is 60.3 Å². The number of benzene rings is 4. The molecule has 0 saturated carbocycles. The largest absolute Gasteiger partial charge is 0.455 e. The van der Waals surface area contributed by atoms with Crippen molar-refractivity contribution in [3.63, 3.8) is 0 Å². The Balaban J connectivity index is 1.82. The van der Waals surface area contributed by atoms with E-state index in [0.29, 0.717) is 0 Å². The minimum absolute atomic E-state index is 0.143. The molecular formula is C31H30NO+. The highest BCUT2D eigenvalue weighted by atomic mass is 16.5. The van der Waals surface area contributed by atoms with E-state index in [1.54, 1.807) is 0 Å². The van der Waals surface area contributed by atoms with Gasteiger partial charge in [-0.3, -0.25) is 0 Å². The first-order valence-electron chi connectivity index (χ1n) is 11.8. The predicted octanol–water partition coefficient (Wildman–Crippen LogP) is 7.95. The molecule has 33 heavy (non-hydrogen) atoms. The second kappa shape index (κ2) is 6.81. The quantitative estimate of drug-likeness (QED) is 0.190. The zero-order valence-corrected chi connectivity index (χ0v) is 20.3. The average molecular weight is 433 g/mol. The Morgan fingerprint density at radius 3 is 2.36 bits per heavy atom. The molecule has 1 aliphatic rings. The van der Waals surface area contributed by atoms with Crippen LogP contribution in [0, 0.1) is 19.3 Å². The summed E-state index contributed by atoms with van der Waals surface area (Å²) in [5, 5.41) is 7.60. The van der Waals surface area contributed by atoms with Crippen molar-refractivity contribution < 1.29 is 9.30 Å². The summed E-state index contributed by atoms with van der Waals surface area (Å²) in [4.78, 5) is 0. The third-order valence-corrected chi connectivity index (χ3v) is 7.04. The fourth-order valence-corrected chi connectivity index (χ4v) is 5.61. The van der Waals surface area contributed by atoms with E-state index in [1.807, 2.05) is 0 Å². The molecule has 0 fully saturated rings. The molecule has 0 radical (unpaired) electrons. The highest BCUT2D eigenvalue weighted by molar-refractivity contribution is 6.16. The van der Waals surface area contributed by atoms with Gasteiger partial charge in [-0.2, -0.15) is 0 Å². The van der Waals surface area contributed by atoms with Crippen molar-refractivity contribution in [2.24, 2.45) is 12.5 Å². The van der Waals surface area contributed by atoms with E-state index in [0.717, 1.165) is 17.9 Å². The van der Waals surface area contributed by atoms with Gasteiger partial charge in [0.05, 0.1) is 10.9 Å². The molecule has 2 nitrogen and oxygen atoms in total. The van der Waals surface area contributed by atoms with Crippen LogP contribution < -0.4 is 9.30 Å². The maximum Gasteiger partial charge on any atom is 0.228 e. The Hall–Kier alpha value is -3.39. The average Bonchev–Trinajstić information content (AvgIpc) is 2.77. The van der Waals surface area contributed by atoms with Gasteiger partial charge >= 0.3 is 0 Å². The lowest BCUT2D eigenvalue weighted by atomic mass is 9.81. The van der Waals surface area contributed by atoms with Gasteiger partial charge in [0, 0.05) is 17.0 Å². The lowest BCUT2D eigenvalue weighted by molar-refractivity contribution is -0.659. The van der Waals surface area contributed by atoms with Crippen LogP contribution in [0.5, 0.6) is 11.5 Å². The topological polar surface area (TPSA) is 13.1 Å². The van der Waals surface area contributed by atoms with Crippen molar-refractivity contribution in [2.45, 2.75) is 41.0 Å². The van der Waals surface area contributed by atoms with Crippen molar-refractivity contribution in [3.8, 4) is 22.8 Å². The normalized spacial score (nSPS) is 12.9. The zero-order chi connectivity index (χ0) is 23.1. The molecule has 1 aromatic heterocycles. The monoisotopic (exact) mass is 432 g/mol. The van der Waals surface area contributed by atoms with E-state index < -0.39 is 0 Å². The number of aromatic nitrogens is 1. The van der Waals surface area contributed by atoms with Crippen molar-refractivity contribution in [2.75, 3.05) is 0 Å². The third-order valence-electron chi connectivity index (χ3n) is 7.04. The molecule has 2 heterocycles. The highest BCUT2D eigenvalue weighted by Crippen LogP contribution is 2.52. The van der Waals surface area contributed by atoms with Gasteiger partial charge in [-0.1, -0.05) is 68.8 Å². The summed E-state index contributed by atoms with van der Waals surface area (Å²) in [5.41, 5.74) is 6.51. The predicted molar refractivity (Wildman–Crippen MR) is 138 cm³/mol. The van der Waals surface area contributed by atoms with Crippen molar-refractivity contribution >= 4 is 32.3 Å². The lowest BCUT2D eigenvalue weighted by Gasteiger charge is -2.28. The van der Waals surface area contributed by atoms with Crippen LogP contribution in [0.25, 0.3) is 43.6 Å². The standard InChI is InChI=1S/C31H30NO/c1-18-11-12-20-16-26-28-23(24(20)15-18)13-14-32(6)29(28)27-19(2)21-9-7-8-10-22(21)25(30(27)33-26)17-31(3,4)5/h7-16H,17H2,1-6H3/q+1. The molecule has 0 unspecified atom stereocenters. The van der Waals surface area contributed by atoms with Gasteiger partial charge in [-0.15, -0.1) is 0 Å². The van der Waals surface area contributed by atoms with Gasteiger partial charge in [-0.25, -0.2) is 4.57 Å². The molecule has 0 amide bonds. The number of rotatable bonds is 1. The van der Waals surface area contributed by atoms with Crippen molar-refractivity contribution in [3.05, 3.63) is 77.5 Å². The van der Waals surface area contributed by atoms with Gasteiger partial charge in [0.25, 0.3) is 0 Å². The minimum Gasteiger partial charge on any atom is -0.455 e. The summed E-state index contributed by atoms with van der Waals surface area (Å²) in [6.45, 7) is 11.3. The van der Waals surface area contributed by atoms with Gasteiger partial charge < -0.3 is 4.74 Å². The van der Waals surface area contributed by atoms with E-state index in [9.17, 15) is 0 Å². The number of nitrogens with zero attached hydrogens (tertiary/aromatic N) is 1. The van der Waals surface area contributed by atoms with E-state index >= 15 is 0 Å². The zero-order valence-electron chi connectivity index (χ0n) is 20.3. The molecular weight excluding hydrogens is 402 g/mol. The highest BCUT2D eigenvalue weighted by Gasteiger charge is 2.34. The summed E-state index contributed by atoms with van der Waals surface area (Å²) < 4.78 is 9.17. The van der Waals surface area contributed by atoms with Crippen LogP contribution >= 0.6 is 0 Å². The van der Waals surface area contributed by atoms with Gasteiger partial charge in [-0.05, 0) is 58.9 Å². The number of fused-ring (bicyclic) bond motifs is 5. The Morgan fingerprint density at radius 1 is 0.848 bits per heavy atom. The number of hydrogen-bond acceptors (Lipinski definition) is 1. The molecule has 0 saturated heterocycles. The van der Waals surface area contributed by atoms with Crippen LogP contribution in [0.3, 0.4) is 0 Å². The maximum absolute atomic E-state index is 6.90. The van der Waals surface area contributed by atoms with Gasteiger partial charge in [0.1, 0.15) is 18.5 Å². The first-order chi connectivity index (χ1) is 15.7. The molecule has 0 spiro atoms. The Labute approximate surface area is 195 Å². The Morgan fingerprint density at radius 2 is 1.61 bits per heavy atom. The third kappa shape index (κ3) is 2.97. The van der Waals surface area contributed by atoms with Crippen LogP contribution in [-0.2, 0) is 13.5 Å². The summed E-state index contributed by atoms with van der Waals surface area (Å²) in [6.07, 6.45) is 3.16. The Bertz CT molecular complexity index is 1620. The molecule has 5 aromatic rings. The fourth-order valence-electron chi connectivity index (χ4n) is 5.61. The number of pyridine rings is 1. The molecule has 4 aromatic carbocycles. The van der Waals surface area contributed by atoms with Crippen LogP contribution in [0.4, 0.5) is 0 Å². The summed E-state index contributed by atoms with van der Waals surface area (Å²) in [7, 11) is 2.16. The Kier molecular flexibility index (Phi) is 4.17. The number of aryl methyl sites for hydroxylation is 3. The van der Waals surface area contributed by atoms with Crippen LogP contribution in [0.1, 0.15) is 37.5 Å². The number of hydrogen-bond donors (Lipinski definition) is 0. The summed E-state index contributed by atoms with van der Waals surface area (Å²) in [6, 6.07) is 20.0. The van der Waals surface area contributed by atoms with Gasteiger partial charge in [0.15, 0.2) is 6.20 Å². The molecule has 164 valence electrons. The molecule has 0 bridgehead atoms. The van der Waals surface area contributed by atoms with E-state index in [2.05, 4.69) is 107 Å². The molecule has 2 heteroatoms. The van der Waals surface area contributed by atoms with Gasteiger partial charge in [0.2, 0.25) is 5.69 Å². The lowest BCUT2D eigenvalue weighted by Crippen LogP contribution is -2.32.